The van der Waals surface area contributed by atoms with Crippen molar-refractivity contribution < 1.29 is 22.4 Å². The molecule has 10 heteroatoms. The molecule has 4 aromatic carbocycles. The van der Waals surface area contributed by atoms with E-state index >= 15 is 4.39 Å². The van der Waals surface area contributed by atoms with E-state index in [1.165, 1.54) is 35.2 Å². The number of hydrogen-bond acceptors (Lipinski definition) is 4. The average Bonchev–Trinajstić information content (AvgIpc) is 3.56. The van der Waals surface area contributed by atoms with Gasteiger partial charge in [-0.3, -0.25) is 13.9 Å². The second-order valence-corrected chi connectivity index (χ2v) is 13.9. The van der Waals surface area contributed by atoms with Gasteiger partial charge in [0.05, 0.1) is 10.6 Å². The number of sulfonamides is 1. The molecule has 7 nitrogen and oxygen atoms in total. The van der Waals surface area contributed by atoms with Crippen LogP contribution in [0.5, 0.6) is 0 Å². The highest BCUT2D eigenvalue weighted by atomic mass is 35.5. The predicted molar refractivity (Wildman–Crippen MR) is 178 cm³/mol. The van der Waals surface area contributed by atoms with Crippen LogP contribution < -0.4 is 9.62 Å². The fourth-order valence-corrected chi connectivity index (χ4v) is 7.25. The van der Waals surface area contributed by atoms with Crippen LogP contribution in [0.2, 0.25) is 5.02 Å². The highest BCUT2D eigenvalue weighted by Gasteiger charge is 2.36. The lowest BCUT2D eigenvalue weighted by Gasteiger charge is -2.34. The molecule has 0 aromatic heterocycles. The van der Waals surface area contributed by atoms with Gasteiger partial charge in [-0.2, -0.15) is 0 Å². The van der Waals surface area contributed by atoms with E-state index in [-0.39, 0.29) is 41.1 Å². The molecule has 0 aliphatic heterocycles. The highest BCUT2D eigenvalue weighted by Crippen LogP contribution is 2.27. The summed E-state index contributed by atoms with van der Waals surface area (Å²) in [6.45, 7) is 1.02. The van der Waals surface area contributed by atoms with Gasteiger partial charge < -0.3 is 10.2 Å². The minimum absolute atomic E-state index is 0.0227. The van der Waals surface area contributed by atoms with Crippen molar-refractivity contribution in [1.29, 1.82) is 0 Å². The third-order valence-electron chi connectivity index (χ3n) is 8.27. The number of amides is 2. The average molecular weight is 662 g/mol. The van der Waals surface area contributed by atoms with Crippen molar-refractivity contribution in [2.75, 3.05) is 10.8 Å². The normalized spacial score (nSPS) is 14.1. The fourth-order valence-electron chi connectivity index (χ4n) is 5.71. The van der Waals surface area contributed by atoms with Crippen LogP contribution in [0.25, 0.3) is 0 Å². The molecule has 1 N–H and O–H groups in total. The number of nitrogens with zero attached hydrogens (tertiary/aromatic N) is 2. The van der Waals surface area contributed by atoms with Crippen LogP contribution in [-0.2, 0) is 32.6 Å². The Labute approximate surface area is 275 Å². The summed E-state index contributed by atoms with van der Waals surface area (Å²) in [6.07, 6.45) is 3.84. The Morgan fingerprint density at radius 2 is 1.52 bits per heavy atom. The molecule has 1 aliphatic carbocycles. The van der Waals surface area contributed by atoms with Crippen LogP contribution in [0, 0.1) is 12.7 Å². The van der Waals surface area contributed by atoms with Crippen molar-refractivity contribution in [3.05, 3.63) is 131 Å². The van der Waals surface area contributed by atoms with E-state index in [2.05, 4.69) is 5.32 Å². The number of benzene rings is 4. The molecule has 0 radical (unpaired) electrons. The van der Waals surface area contributed by atoms with Gasteiger partial charge in [-0.1, -0.05) is 90.7 Å². The van der Waals surface area contributed by atoms with Crippen molar-refractivity contribution in [3.8, 4) is 0 Å². The minimum atomic E-state index is -4.26. The Bertz CT molecular complexity index is 1750. The van der Waals surface area contributed by atoms with E-state index in [4.69, 9.17) is 11.6 Å². The van der Waals surface area contributed by atoms with E-state index in [1.54, 1.807) is 42.5 Å². The molecular weight excluding hydrogens is 625 g/mol. The minimum Gasteiger partial charge on any atom is -0.352 e. The SMILES string of the molecule is Cc1ccc(N(CC(=O)N(Cc2ccccc2F)C(Cc2ccccc2)C(=O)NC2CCCC2)S(=O)(=O)c2ccc(Cl)cc2)cc1. The van der Waals surface area contributed by atoms with Crippen molar-refractivity contribution in [3.63, 3.8) is 0 Å². The number of hydrogen-bond donors (Lipinski definition) is 1. The number of halogens is 2. The maximum absolute atomic E-state index is 15.1. The number of aryl methyl sites for hydroxylation is 1. The highest BCUT2D eigenvalue weighted by molar-refractivity contribution is 7.92. The van der Waals surface area contributed by atoms with Gasteiger partial charge in [-0.25, -0.2) is 12.8 Å². The number of anilines is 1. The second-order valence-electron chi connectivity index (χ2n) is 11.6. The van der Waals surface area contributed by atoms with Gasteiger partial charge in [0.2, 0.25) is 11.8 Å². The largest absolute Gasteiger partial charge is 0.352 e. The quantitative estimate of drug-likeness (QED) is 0.184. The van der Waals surface area contributed by atoms with Crippen LogP contribution in [0.4, 0.5) is 10.1 Å². The van der Waals surface area contributed by atoms with Gasteiger partial charge in [-0.05, 0) is 67.8 Å². The molecule has 1 saturated carbocycles. The van der Waals surface area contributed by atoms with Gasteiger partial charge in [0.25, 0.3) is 10.0 Å². The Hall–Kier alpha value is -4.21. The molecule has 1 fully saturated rings. The summed E-state index contributed by atoms with van der Waals surface area (Å²) < 4.78 is 44.3. The smallest absolute Gasteiger partial charge is 0.264 e. The molecule has 240 valence electrons. The van der Waals surface area contributed by atoms with Crippen molar-refractivity contribution >= 4 is 39.1 Å². The van der Waals surface area contributed by atoms with Gasteiger partial charge in [0, 0.05) is 29.6 Å². The zero-order chi connectivity index (χ0) is 32.7. The molecule has 1 unspecified atom stereocenters. The van der Waals surface area contributed by atoms with Crippen molar-refractivity contribution in [2.45, 2.75) is 62.6 Å². The van der Waals surface area contributed by atoms with E-state index in [9.17, 15) is 18.0 Å². The first-order valence-corrected chi connectivity index (χ1v) is 17.2. The summed E-state index contributed by atoms with van der Waals surface area (Å²) in [5.41, 5.74) is 2.20. The Morgan fingerprint density at radius 3 is 2.17 bits per heavy atom. The third-order valence-corrected chi connectivity index (χ3v) is 10.3. The Balaban J connectivity index is 1.57. The van der Waals surface area contributed by atoms with Crippen LogP contribution in [0.15, 0.2) is 108 Å². The summed E-state index contributed by atoms with van der Waals surface area (Å²) in [6, 6.07) is 26.8. The van der Waals surface area contributed by atoms with E-state index in [0.717, 1.165) is 41.1 Å². The molecule has 2 amide bonds. The topological polar surface area (TPSA) is 86.8 Å². The van der Waals surface area contributed by atoms with Gasteiger partial charge >= 0.3 is 0 Å². The lowest BCUT2D eigenvalue weighted by Crippen LogP contribution is -2.54. The number of carbonyl (C=O) groups is 2. The van der Waals surface area contributed by atoms with E-state index in [1.807, 2.05) is 37.3 Å². The summed E-state index contributed by atoms with van der Waals surface area (Å²) in [4.78, 5) is 29.8. The molecule has 0 spiro atoms. The standard InChI is InChI=1S/C36H37ClFN3O4S/c1-26-15-19-31(20-16-26)41(46(44,45)32-21-17-29(37)18-22-32)25-35(42)40(24-28-11-5-8-14-33(28)38)34(23-27-9-3-2-4-10-27)36(43)39-30-12-6-7-13-30/h2-5,8-11,14-22,30,34H,6-7,12-13,23-25H2,1H3,(H,39,43). The lowest BCUT2D eigenvalue weighted by atomic mass is 10.0. The van der Waals surface area contributed by atoms with Gasteiger partial charge in [0.1, 0.15) is 18.4 Å². The molecule has 0 heterocycles. The molecule has 0 bridgehead atoms. The van der Waals surface area contributed by atoms with E-state index < -0.39 is 34.3 Å². The molecular formula is C36H37ClFN3O4S. The summed E-state index contributed by atoms with van der Waals surface area (Å²) >= 11 is 6.05. The van der Waals surface area contributed by atoms with Crippen LogP contribution in [0.3, 0.4) is 0 Å². The molecule has 1 aliphatic rings. The second kappa shape index (κ2) is 14.9. The predicted octanol–water partition coefficient (Wildman–Crippen LogP) is 6.68. The number of rotatable bonds is 12. The lowest BCUT2D eigenvalue weighted by molar-refractivity contribution is -0.140. The van der Waals surface area contributed by atoms with Crippen LogP contribution in [0.1, 0.15) is 42.4 Å². The maximum atomic E-state index is 15.1. The zero-order valence-corrected chi connectivity index (χ0v) is 27.2. The number of nitrogens with one attached hydrogen (secondary N) is 1. The molecule has 5 rings (SSSR count). The first-order valence-electron chi connectivity index (χ1n) is 15.3. The Kier molecular flexibility index (Phi) is 10.8. The molecule has 1 atom stereocenters. The molecule has 46 heavy (non-hydrogen) atoms. The molecule has 4 aromatic rings. The maximum Gasteiger partial charge on any atom is 0.264 e. The summed E-state index contributed by atoms with van der Waals surface area (Å²) in [5.74, 6) is -1.54. The zero-order valence-electron chi connectivity index (χ0n) is 25.6. The fraction of sp³-hybridized carbons (Fsp3) is 0.278. The van der Waals surface area contributed by atoms with Crippen molar-refractivity contribution in [1.82, 2.24) is 10.2 Å². The van der Waals surface area contributed by atoms with Gasteiger partial charge in [-0.15, -0.1) is 0 Å². The van der Waals surface area contributed by atoms with Crippen LogP contribution in [-0.4, -0.2) is 43.8 Å². The number of carbonyl (C=O) groups excluding carboxylic acids is 2. The summed E-state index contributed by atoms with van der Waals surface area (Å²) in [5, 5.41) is 3.48. The van der Waals surface area contributed by atoms with Crippen LogP contribution >= 0.6 is 11.6 Å². The first-order chi connectivity index (χ1) is 22.1. The van der Waals surface area contributed by atoms with E-state index in [0.29, 0.717) is 5.02 Å². The van der Waals surface area contributed by atoms with Crippen molar-refractivity contribution in [2.24, 2.45) is 0 Å². The monoisotopic (exact) mass is 661 g/mol. The molecule has 0 saturated heterocycles. The first kappa shape index (κ1) is 33.2. The Morgan fingerprint density at radius 1 is 0.891 bits per heavy atom. The van der Waals surface area contributed by atoms with Gasteiger partial charge in [0.15, 0.2) is 0 Å². The summed E-state index contributed by atoms with van der Waals surface area (Å²) in [7, 11) is -4.26. The third kappa shape index (κ3) is 8.13.